The van der Waals surface area contributed by atoms with Crippen molar-refractivity contribution in [3.05, 3.63) is 65.5 Å². The van der Waals surface area contributed by atoms with Gasteiger partial charge in [-0.15, -0.1) is 23.2 Å². The number of hydrogen-bond acceptors (Lipinski definition) is 6. The number of phenolic OH excluding ortho intramolecular Hbond substituents is 1. The molecule has 8 nitrogen and oxygen atoms in total. The number of ether oxygens (including phenoxy) is 1. The smallest absolute Gasteiger partial charge is 0.258 e. The van der Waals surface area contributed by atoms with Gasteiger partial charge in [-0.2, -0.15) is 0 Å². The van der Waals surface area contributed by atoms with Crippen LogP contribution in [0, 0.1) is 23.6 Å². The topological polar surface area (TPSA) is 113 Å². The third kappa shape index (κ3) is 3.35. The van der Waals surface area contributed by atoms with Gasteiger partial charge in [-0.05, 0) is 56.0 Å². The highest BCUT2D eigenvalue weighted by Gasteiger charge is 2.76. The second kappa shape index (κ2) is 8.79. The minimum absolute atomic E-state index is 0.0792. The first-order valence-corrected chi connectivity index (χ1v) is 13.3. The first kappa shape index (κ1) is 25.8. The van der Waals surface area contributed by atoms with Crippen LogP contribution in [0.5, 0.6) is 11.5 Å². The van der Waals surface area contributed by atoms with Crippen LogP contribution in [0.15, 0.2) is 54.1 Å². The van der Waals surface area contributed by atoms with Crippen LogP contribution in [0.4, 0.5) is 10.1 Å². The molecule has 0 bridgehead atoms. The van der Waals surface area contributed by atoms with Gasteiger partial charge in [-0.25, -0.2) is 9.29 Å². The molecule has 0 spiro atoms. The number of hydrogen-bond donors (Lipinski definition) is 2. The Morgan fingerprint density at radius 3 is 2.46 bits per heavy atom. The molecular formula is C28H23Cl2FN2O6. The molecule has 0 radical (unpaired) electrons. The summed E-state index contributed by atoms with van der Waals surface area (Å²) < 4.78 is 19.3. The van der Waals surface area contributed by atoms with Gasteiger partial charge in [0.1, 0.15) is 5.82 Å². The van der Waals surface area contributed by atoms with Crippen LogP contribution in [-0.4, -0.2) is 45.1 Å². The van der Waals surface area contributed by atoms with E-state index in [0.717, 1.165) is 17.0 Å². The summed E-state index contributed by atoms with van der Waals surface area (Å²) in [5.74, 6) is -6.60. The fourth-order valence-corrected chi connectivity index (χ4v) is 7.63. The summed E-state index contributed by atoms with van der Waals surface area (Å²) in [6.07, 6.45) is 1.78. The van der Waals surface area contributed by atoms with Gasteiger partial charge in [0.15, 0.2) is 21.2 Å². The van der Waals surface area contributed by atoms with E-state index in [-0.39, 0.29) is 42.2 Å². The molecule has 4 aliphatic rings. The highest BCUT2D eigenvalue weighted by atomic mass is 35.5. The zero-order valence-electron chi connectivity index (χ0n) is 20.6. The first-order valence-electron chi connectivity index (χ1n) is 12.6. The number of imide groups is 2. The molecule has 202 valence electrons. The zero-order chi connectivity index (χ0) is 27.9. The Kier molecular flexibility index (Phi) is 5.82. The predicted octanol–water partition coefficient (Wildman–Crippen LogP) is 3.78. The second-order valence-electron chi connectivity index (χ2n) is 10.2. The number of fused-ring (bicyclic) bond motifs is 4. The number of amides is 4. The Morgan fingerprint density at radius 2 is 1.77 bits per heavy atom. The maximum Gasteiger partial charge on any atom is 0.258 e. The number of nitrogens with one attached hydrogen (secondary N) is 1. The van der Waals surface area contributed by atoms with Crippen LogP contribution in [0.25, 0.3) is 0 Å². The maximum atomic E-state index is 14.2. The molecule has 2 aliphatic carbocycles. The number of phenols is 1. The van der Waals surface area contributed by atoms with E-state index in [4.69, 9.17) is 27.9 Å². The highest BCUT2D eigenvalue weighted by Crippen LogP contribution is 2.66. The number of carbonyl (C=O) groups excluding carboxylic acids is 4. The van der Waals surface area contributed by atoms with E-state index in [0.29, 0.717) is 5.57 Å². The first-order chi connectivity index (χ1) is 18.5. The molecule has 3 fully saturated rings. The van der Waals surface area contributed by atoms with Crippen molar-refractivity contribution in [1.29, 1.82) is 0 Å². The molecule has 2 heterocycles. The van der Waals surface area contributed by atoms with Crippen molar-refractivity contribution in [2.75, 3.05) is 11.5 Å². The van der Waals surface area contributed by atoms with Gasteiger partial charge in [-0.1, -0.05) is 23.8 Å². The van der Waals surface area contributed by atoms with Crippen LogP contribution in [-0.2, 0) is 19.2 Å². The van der Waals surface area contributed by atoms with Gasteiger partial charge in [-0.3, -0.25) is 24.5 Å². The van der Waals surface area contributed by atoms with Gasteiger partial charge in [0.2, 0.25) is 11.8 Å². The second-order valence-corrected chi connectivity index (χ2v) is 11.5. The quantitative estimate of drug-likeness (QED) is 0.327. The zero-order valence-corrected chi connectivity index (χ0v) is 22.1. The molecule has 4 amide bonds. The van der Waals surface area contributed by atoms with Crippen LogP contribution in [0.3, 0.4) is 0 Å². The number of benzene rings is 2. The van der Waals surface area contributed by atoms with Crippen LogP contribution in [0.1, 0.15) is 31.2 Å². The Hall–Kier alpha value is -3.43. The summed E-state index contributed by atoms with van der Waals surface area (Å²) in [6, 6.07) is 9.51. The average molecular weight is 573 g/mol. The Balaban J connectivity index is 1.59. The predicted molar refractivity (Wildman–Crippen MR) is 139 cm³/mol. The third-order valence-corrected chi connectivity index (χ3v) is 9.79. The van der Waals surface area contributed by atoms with E-state index in [1.807, 2.05) is 0 Å². The molecular weight excluding hydrogens is 550 g/mol. The van der Waals surface area contributed by atoms with E-state index in [1.54, 1.807) is 31.2 Å². The number of rotatable bonds is 4. The van der Waals surface area contributed by atoms with Crippen LogP contribution >= 0.6 is 23.2 Å². The number of nitrogens with zero attached hydrogens (tertiary/aromatic N) is 1. The third-order valence-electron chi connectivity index (χ3n) is 8.38. The number of para-hydroxylation sites is 1. The normalized spacial score (nSPS) is 33.3. The Bertz CT molecular complexity index is 1480. The van der Waals surface area contributed by atoms with Crippen molar-refractivity contribution < 1.29 is 33.4 Å². The van der Waals surface area contributed by atoms with Gasteiger partial charge in [0.05, 0.1) is 24.1 Å². The molecule has 2 saturated heterocycles. The molecule has 6 atom stereocenters. The van der Waals surface area contributed by atoms with E-state index >= 15 is 0 Å². The number of anilines is 1. The molecule has 6 rings (SSSR count). The summed E-state index contributed by atoms with van der Waals surface area (Å²) in [7, 11) is 0. The van der Waals surface area contributed by atoms with Crippen molar-refractivity contribution in [3.63, 3.8) is 0 Å². The Morgan fingerprint density at radius 1 is 1.05 bits per heavy atom. The Labute approximate surface area is 232 Å². The van der Waals surface area contributed by atoms with Crippen molar-refractivity contribution in [2.24, 2.45) is 17.8 Å². The molecule has 1 saturated carbocycles. The lowest BCUT2D eigenvalue weighted by molar-refractivity contribution is -0.127. The van der Waals surface area contributed by atoms with Crippen LogP contribution < -0.4 is 15.0 Å². The number of carbonyl (C=O) groups is 4. The molecule has 2 aromatic carbocycles. The lowest BCUT2D eigenvalue weighted by Crippen LogP contribution is -2.60. The largest absolute Gasteiger partial charge is 0.504 e. The summed E-state index contributed by atoms with van der Waals surface area (Å²) >= 11 is 14.4. The number of allylic oxidation sites excluding steroid dienone is 2. The van der Waals surface area contributed by atoms with Gasteiger partial charge in [0.25, 0.3) is 11.8 Å². The SMILES string of the molecule is CCOc1cccc([C@H]2C3=CC[C@@H]4C(=O)NC(=O)[C@@H]4[C@@H]3C[C@@]3(Cl)C(=O)N(c4ccc(F)cc4)C(=O)[C@@]23Cl)c1O. The summed E-state index contributed by atoms with van der Waals surface area (Å²) in [6.45, 7) is 2.00. The lowest BCUT2D eigenvalue weighted by Gasteiger charge is -2.50. The van der Waals surface area contributed by atoms with Crippen molar-refractivity contribution in [2.45, 2.75) is 35.4 Å². The maximum absolute atomic E-state index is 14.2. The molecule has 0 unspecified atom stereocenters. The molecule has 39 heavy (non-hydrogen) atoms. The van der Waals surface area contributed by atoms with E-state index in [1.165, 1.54) is 12.1 Å². The standard InChI is InChI=1S/C28H23Cl2FN2O6/c1-2-39-19-5-3-4-17(22(19)34)21-15-10-11-16-20(24(36)32-23(16)35)18(15)12-27(29)25(37)33(26(38)28(21,27)30)14-8-6-13(31)7-9-14/h3-10,16,18,20-21,34H,2,11-12H2,1H3,(H,32,35,36)/t16-,18+,20-,21+,27+,28-/m0/s1. The van der Waals surface area contributed by atoms with E-state index in [2.05, 4.69) is 5.32 Å². The highest BCUT2D eigenvalue weighted by molar-refractivity contribution is 6.58. The van der Waals surface area contributed by atoms with E-state index < -0.39 is 62.9 Å². The van der Waals surface area contributed by atoms with Crippen molar-refractivity contribution in [3.8, 4) is 11.5 Å². The minimum atomic E-state index is -2.13. The molecule has 2 aliphatic heterocycles. The van der Waals surface area contributed by atoms with Gasteiger partial charge < -0.3 is 9.84 Å². The van der Waals surface area contributed by atoms with E-state index in [9.17, 15) is 28.7 Å². The van der Waals surface area contributed by atoms with Gasteiger partial charge in [0, 0.05) is 11.5 Å². The van der Waals surface area contributed by atoms with Crippen molar-refractivity contribution in [1.82, 2.24) is 5.32 Å². The van der Waals surface area contributed by atoms with Crippen molar-refractivity contribution >= 4 is 52.5 Å². The number of aromatic hydroxyl groups is 1. The van der Waals surface area contributed by atoms with Gasteiger partial charge >= 0.3 is 0 Å². The fourth-order valence-electron chi connectivity index (χ4n) is 6.70. The summed E-state index contributed by atoms with van der Waals surface area (Å²) in [5.41, 5.74) is 0.816. The summed E-state index contributed by atoms with van der Waals surface area (Å²) in [4.78, 5) is 50.4. The molecule has 11 heteroatoms. The fraction of sp³-hybridized carbons (Fsp3) is 0.357. The lowest BCUT2D eigenvalue weighted by atomic mass is 9.56. The number of alkyl halides is 2. The molecule has 2 N–H and O–H groups in total. The van der Waals surface area contributed by atoms with Crippen LogP contribution in [0.2, 0.25) is 0 Å². The summed E-state index contributed by atoms with van der Waals surface area (Å²) in [5, 5.41) is 13.7. The molecule has 0 aromatic heterocycles. The number of halogens is 3. The molecule has 2 aromatic rings. The monoisotopic (exact) mass is 572 g/mol. The average Bonchev–Trinajstić information content (AvgIpc) is 3.28. The minimum Gasteiger partial charge on any atom is -0.504 e.